The highest BCUT2D eigenvalue weighted by molar-refractivity contribution is 5.09. The number of aliphatic hydroxyl groups is 1. The molecule has 1 aliphatic rings. The predicted molar refractivity (Wildman–Crippen MR) is 36.7 cm³/mol. The molecule has 0 aromatic heterocycles. The summed E-state index contributed by atoms with van der Waals surface area (Å²) in [4.78, 5) is 0. The average molecular weight is 124 g/mol. The number of rotatable bonds is 1. The summed E-state index contributed by atoms with van der Waals surface area (Å²) in [6, 6.07) is 0. The van der Waals surface area contributed by atoms with Crippen molar-refractivity contribution in [3.8, 4) is 12.3 Å². The Hall–Kier alpha value is -0.480. The summed E-state index contributed by atoms with van der Waals surface area (Å²) in [5, 5.41) is 9.10. The fourth-order valence-electron chi connectivity index (χ4n) is 1.16. The molecule has 0 bridgehead atoms. The summed E-state index contributed by atoms with van der Waals surface area (Å²) in [5.74, 6) is 2.69. The lowest BCUT2D eigenvalue weighted by Crippen LogP contribution is -2.09. The van der Waals surface area contributed by atoms with Gasteiger partial charge in [-0.15, -0.1) is 6.42 Å². The van der Waals surface area contributed by atoms with E-state index in [1.54, 1.807) is 0 Å². The predicted octanol–water partition coefficient (Wildman–Crippen LogP) is 1.03. The van der Waals surface area contributed by atoms with Gasteiger partial charge < -0.3 is 5.11 Å². The quantitative estimate of drug-likeness (QED) is 0.517. The molecule has 1 N–H and O–H groups in total. The van der Waals surface area contributed by atoms with Gasteiger partial charge in [-0.1, -0.05) is 19.8 Å². The fourth-order valence-corrected chi connectivity index (χ4v) is 1.16. The van der Waals surface area contributed by atoms with Crippen molar-refractivity contribution in [2.24, 2.45) is 11.3 Å². The second kappa shape index (κ2) is 1.75. The third-order valence-corrected chi connectivity index (χ3v) is 2.14. The van der Waals surface area contributed by atoms with E-state index in [-0.39, 0.29) is 0 Å². The molecule has 0 aromatic carbocycles. The van der Waals surface area contributed by atoms with E-state index in [0.29, 0.717) is 11.3 Å². The first-order chi connectivity index (χ1) is 4.08. The number of terminal acetylenes is 1. The summed E-state index contributed by atoms with van der Waals surface area (Å²) in [6.45, 7) is 4.25. The lowest BCUT2D eigenvalue weighted by Gasteiger charge is -2.03. The lowest BCUT2D eigenvalue weighted by molar-refractivity contribution is 0.192. The Morgan fingerprint density at radius 1 is 1.78 bits per heavy atom. The van der Waals surface area contributed by atoms with Crippen molar-refractivity contribution in [2.75, 3.05) is 0 Å². The van der Waals surface area contributed by atoms with Crippen LogP contribution < -0.4 is 0 Å². The highest BCUT2D eigenvalue weighted by Crippen LogP contribution is 2.53. The van der Waals surface area contributed by atoms with Gasteiger partial charge in [0.25, 0.3) is 0 Å². The van der Waals surface area contributed by atoms with E-state index < -0.39 is 6.10 Å². The second-order valence-electron chi connectivity index (χ2n) is 3.41. The molecule has 0 radical (unpaired) electrons. The van der Waals surface area contributed by atoms with Crippen molar-refractivity contribution in [3.05, 3.63) is 0 Å². The molecule has 0 aliphatic heterocycles. The van der Waals surface area contributed by atoms with Gasteiger partial charge in [0.15, 0.2) is 0 Å². The molecule has 0 aromatic rings. The molecule has 1 saturated carbocycles. The van der Waals surface area contributed by atoms with Crippen LogP contribution in [0.4, 0.5) is 0 Å². The minimum Gasteiger partial charge on any atom is -0.380 e. The number of hydrogen-bond donors (Lipinski definition) is 1. The van der Waals surface area contributed by atoms with Gasteiger partial charge >= 0.3 is 0 Å². The van der Waals surface area contributed by atoms with E-state index in [9.17, 15) is 0 Å². The maximum atomic E-state index is 9.10. The van der Waals surface area contributed by atoms with Crippen LogP contribution in [0.25, 0.3) is 0 Å². The van der Waals surface area contributed by atoms with Crippen molar-refractivity contribution in [3.63, 3.8) is 0 Å². The minimum atomic E-state index is -0.514. The third kappa shape index (κ3) is 1.09. The first kappa shape index (κ1) is 6.64. The van der Waals surface area contributed by atoms with Gasteiger partial charge in [-0.25, -0.2) is 0 Å². The van der Waals surface area contributed by atoms with Gasteiger partial charge in [-0.2, -0.15) is 0 Å². The molecular weight excluding hydrogens is 112 g/mol. The maximum absolute atomic E-state index is 9.10. The van der Waals surface area contributed by atoms with Crippen LogP contribution in [0.5, 0.6) is 0 Å². The van der Waals surface area contributed by atoms with Crippen LogP contribution in [-0.2, 0) is 0 Å². The van der Waals surface area contributed by atoms with Crippen LogP contribution in [0.1, 0.15) is 20.3 Å². The topological polar surface area (TPSA) is 20.2 Å². The Bertz CT molecular complexity index is 152. The Balaban J connectivity index is 2.45. The molecule has 1 aliphatic carbocycles. The van der Waals surface area contributed by atoms with E-state index in [2.05, 4.69) is 19.8 Å². The monoisotopic (exact) mass is 124 g/mol. The van der Waals surface area contributed by atoms with Crippen molar-refractivity contribution in [1.82, 2.24) is 0 Å². The van der Waals surface area contributed by atoms with Gasteiger partial charge in [0.2, 0.25) is 0 Å². The van der Waals surface area contributed by atoms with Crippen LogP contribution in [0.3, 0.4) is 0 Å². The van der Waals surface area contributed by atoms with Crippen LogP contribution in [0, 0.1) is 23.7 Å². The molecule has 0 saturated heterocycles. The molecule has 1 fully saturated rings. The zero-order valence-corrected chi connectivity index (χ0v) is 5.89. The normalized spacial score (nSPS) is 32.9. The SMILES string of the molecule is C#CC(O)C1CC1(C)C. The van der Waals surface area contributed by atoms with Crippen molar-refractivity contribution >= 4 is 0 Å². The van der Waals surface area contributed by atoms with E-state index in [4.69, 9.17) is 11.5 Å². The smallest absolute Gasteiger partial charge is 0.117 e. The van der Waals surface area contributed by atoms with Gasteiger partial charge in [0.1, 0.15) is 6.10 Å². The molecule has 2 unspecified atom stereocenters. The Morgan fingerprint density at radius 3 is 2.33 bits per heavy atom. The van der Waals surface area contributed by atoms with E-state index in [1.165, 1.54) is 0 Å². The summed E-state index contributed by atoms with van der Waals surface area (Å²) >= 11 is 0. The molecule has 50 valence electrons. The first-order valence-corrected chi connectivity index (χ1v) is 3.22. The number of aliphatic hydroxyl groups excluding tert-OH is 1. The molecule has 9 heavy (non-hydrogen) atoms. The highest BCUT2D eigenvalue weighted by atomic mass is 16.3. The van der Waals surface area contributed by atoms with Gasteiger partial charge in [-0.3, -0.25) is 0 Å². The average Bonchev–Trinajstić information content (AvgIpc) is 2.38. The number of hydrogen-bond acceptors (Lipinski definition) is 1. The minimum absolute atomic E-state index is 0.297. The van der Waals surface area contributed by atoms with Crippen molar-refractivity contribution in [2.45, 2.75) is 26.4 Å². The fraction of sp³-hybridized carbons (Fsp3) is 0.750. The summed E-state index contributed by atoms with van der Waals surface area (Å²) in [6.07, 6.45) is 5.59. The first-order valence-electron chi connectivity index (χ1n) is 3.22. The van der Waals surface area contributed by atoms with Crippen LogP contribution in [-0.4, -0.2) is 11.2 Å². The molecule has 1 rings (SSSR count). The van der Waals surface area contributed by atoms with Gasteiger partial charge in [0.05, 0.1) is 0 Å². The highest BCUT2D eigenvalue weighted by Gasteiger charge is 2.49. The Labute approximate surface area is 56.1 Å². The molecule has 0 heterocycles. The lowest BCUT2D eigenvalue weighted by atomic mass is 10.1. The largest absolute Gasteiger partial charge is 0.380 e. The van der Waals surface area contributed by atoms with E-state index >= 15 is 0 Å². The molecule has 1 heteroatoms. The Kier molecular flexibility index (Phi) is 1.29. The Morgan fingerprint density at radius 2 is 2.22 bits per heavy atom. The summed E-state index contributed by atoms with van der Waals surface area (Å²) in [5.41, 5.74) is 0.297. The molecule has 0 spiro atoms. The summed E-state index contributed by atoms with van der Waals surface area (Å²) in [7, 11) is 0. The van der Waals surface area contributed by atoms with Crippen LogP contribution in [0.15, 0.2) is 0 Å². The van der Waals surface area contributed by atoms with Crippen molar-refractivity contribution < 1.29 is 5.11 Å². The van der Waals surface area contributed by atoms with Gasteiger partial charge in [0, 0.05) is 5.92 Å². The summed E-state index contributed by atoms with van der Waals surface area (Å²) < 4.78 is 0. The molecular formula is C8H12O. The third-order valence-electron chi connectivity index (χ3n) is 2.14. The van der Waals surface area contributed by atoms with Crippen LogP contribution >= 0.6 is 0 Å². The zero-order valence-electron chi connectivity index (χ0n) is 5.89. The molecule has 1 nitrogen and oxygen atoms in total. The van der Waals surface area contributed by atoms with Gasteiger partial charge in [-0.05, 0) is 11.8 Å². The zero-order chi connectivity index (χ0) is 7.07. The van der Waals surface area contributed by atoms with Crippen LogP contribution in [0.2, 0.25) is 0 Å². The van der Waals surface area contributed by atoms with Crippen molar-refractivity contribution in [1.29, 1.82) is 0 Å². The standard InChI is InChI=1S/C8H12O/c1-4-7(9)6-5-8(6,2)3/h1,6-7,9H,5H2,2-3H3. The second-order valence-corrected chi connectivity index (χ2v) is 3.41. The van der Waals surface area contributed by atoms with E-state index in [1.807, 2.05) is 0 Å². The molecule has 0 amide bonds. The molecule has 2 atom stereocenters. The van der Waals surface area contributed by atoms with E-state index in [0.717, 1.165) is 6.42 Å². The maximum Gasteiger partial charge on any atom is 0.117 e.